The quantitative estimate of drug-likeness (QED) is 0.599. The molecule has 0 saturated heterocycles. The summed E-state index contributed by atoms with van der Waals surface area (Å²) < 4.78 is 0. The van der Waals surface area contributed by atoms with E-state index < -0.39 is 0 Å². The van der Waals surface area contributed by atoms with Crippen molar-refractivity contribution in [1.82, 2.24) is 0 Å². The first-order valence-corrected chi connectivity index (χ1v) is 5.66. The Hall–Kier alpha value is -0.960. The zero-order chi connectivity index (χ0) is 10.6. The van der Waals surface area contributed by atoms with Crippen LogP contribution in [0.2, 0.25) is 0 Å². The van der Waals surface area contributed by atoms with Crippen LogP contribution in [0.5, 0.6) is 0 Å². The standard InChI is InChI=1S/C11H16N2S/c1-4-14-11(12)13-10-6-5-8(2)9(3)7-10/h5-7H,4H2,1-3H3,(H2,12,13). The minimum absolute atomic E-state index is 0.635. The number of hydrogen-bond donors (Lipinski definition) is 1. The number of nitrogens with two attached hydrogens (primary N) is 1. The molecule has 0 saturated carbocycles. The molecule has 14 heavy (non-hydrogen) atoms. The van der Waals surface area contributed by atoms with Gasteiger partial charge < -0.3 is 5.73 Å². The molecular weight excluding hydrogens is 192 g/mol. The molecule has 0 amide bonds. The molecule has 0 aliphatic heterocycles. The molecule has 76 valence electrons. The Kier molecular flexibility index (Phi) is 4.01. The lowest BCUT2D eigenvalue weighted by Crippen LogP contribution is -2.05. The average Bonchev–Trinajstić information content (AvgIpc) is 2.12. The summed E-state index contributed by atoms with van der Waals surface area (Å²) in [7, 11) is 0. The fraction of sp³-hybridized carbons (Fsp3) is 0.364. The maximum absolute atomic E-state index is 5.72. The van der Waals surface area contributed by atoms with Crippen molar-refractivity contribution in [3.63, 3.8) is 0 Å². The lowest BCUT2D eigenvalue weighted by molar-refractivity contribution is 1.32. The molecule has 0 aliphatic carbocycles. The minimum atomic E-state index is 0.635. The number of benzene rings is 1. The normalized spacial score (nSPS) is 11.8. The fourth-order valence-corrected chi connectivity index (χ4v) is 1.57. The molecule has 1 aromatic carbocycles. The summed E-state index contributed by atoms with van der Waals surface area (Å²) in [6, 6.07) is 6.11. The van der Waals surface area contributed by atoms with Gasteiger partial charge in [0.1, 0.15) is 0 Å². The molecule has 1 rings (SSSR count). The van der Waals surface area contributed by atoms with Gasteiger partial charge in [0, 0.05) is 0 Å². The second-order valence-corrected chi connectivity index (χ2v) is 4.44. The van der Waals surface area contributed by atoms with Crippen LogP contribution in [0.4, 0.5) is 5.69 Å². The Morgan fingerprint density at radius 1 is 1.36 bits per heavy atom. The van der Waals surface area contributed by atoms with Gasteiger partial charge in [-0.05, 0) is 42.9 Å². The van der Waals surface area contributed by atoms with Crippen molar-refractivity contribution < 1.29 is 0 Å². The third-order valence-electron chi connectivity index (χ3n) is 2.02. The molecule has 0 radical (unpaired) electrons. The Bertz CT molecular complexity index is 345. The van der Waals surface area contributed by atoms with Gasteiger partial charge in [0.05, 0.1) is 5.69 Å². The van der Waals surface area contributed by atoms with Gasteiger partial charge in [0.25, 0.3) is 0 Å². The predicted octanol–water partition coefficient (Wildman–Crippen LogP) is 3.00. The van der Waals surface area contributed by atoms with Crippen LogP contribution in [0, 0.1) is 13.8 Å². The first-order chi connectivity index (χ1) is 6.63. The van der Waals surface area contributed by atoms with Crippen LogP contribution < -0.4 is 5.73 Å². The molecule has 0 aliphatic rings. The molecule has 3 heteroatoms. The first-order valence-electron chi connectivity index (χ1n) is 4.67. The molecule has 0 bridgehead atoms. The van der Waals surface area contributed by atoms with Crippen molar-refractivity contribution in [1.29, 1.82) is 0 Å². The van der Waals surface area contributed by atoms with Crippen molar-refractivity contribution in [3.8, 4) is 0 Å². The van der Waals surface area contributed by atoms with Crippen molar-refractivity contribution in [3.05, 3.63) is 29.3 Å². The van der Waals surface area contributed by atoms with Crippen LogP contribution in [0.1, 0.15) is 18.1 Å². The maximum atomic E-state index is 5.72. The Morgan fingerprint density at radius 3 is 2.64 bits per heavy atom. The van der Waals surface area contributed by atoms with Crippen LogP contribution >= 0.6 is 11.8 Å². The molecule has 2 N–H and O–H groups in total. The van der Waals surface area contributed by atoms with Gasteiger partial charge in [-0.25, -0.2) is 4.99 Å². The van der Waals surface area contributed by atoms with E-state index in [1.807, 2.05) is 6.07 Å². The molecule has 0 fully saturated rings. The number of nitrogens with zero attached hydrogens (tertiary/aromatic N) is 1. The zero-order valence-electron chi connectivity index (χ0n) is 8.87. The molecule has 0 aromatic heterocycles. The number of rotatable bonds is 2. The third kappa shape index (κ3) is 3.07. The molecule has 0 atom stereocenters. The zero-order valence-corrected chi connectivity index (χ0v) is 9.69. The van der Waals surface area contributed by atoms with Gasteiger partial charge in [-0.1, -0.05) is 24.8 Å². The SMILES string of the molecule is CCSC(N)=Nc1ccc(C)c(C)c1. The minimum Gasteiger partial charge on any atom is -0.378 e. The van der Waals surface area contributed by atoms with Crippen molar-refractivity contribution in [2.24, 2.45) is 10.7 Å². The number of aryl methyl sites for hydroxylation is 2. The van der Waals surface area contributed by atoms with Gasteiger partial charge in [-0.3, -0.25) is 0 Å². The van der Waals surface area contributed by atoms with Gasteiger partial charge in [0.2, 0.25) is 0 Å². The van der Waals surface area contributed by atoms with Gasteiger partial charge >= 0.3 is 0 Å². The molecule has 1 aromatic rings. The summed E-state index contributed by atoms with van der Waals surface area (Å²) in [5.41, 5.74) is 9.19. The van der Waals surface area contributed by atoms with Crippen LogP contribution in [0.3, 0.4) is 0 Å². The van der Waals surface area contributed by atoms with E-state index in [4.69, 9.17) is 5.73 Å². The van der Waals surface area contributed by atoms with Crippen LogP contribution in [0.15, 0.2) is 23.2 Å². The van der Waals surface area contributed by atoms with E-state index in [1.54, 1.807) is 11.8 Å². The van der Waals surface area contributed by atoms with Gasteiger partial charge in [-0.15, -0.1) is 0 Å². The van der Waals surface area contributed by atoms with Crippen molar-refractivity contribution in [2.45, 2.75) is 20.8 Å². The Balaban J connectivity index is 2.87. The summed E-state index contributed by atoms with van der Waals surface area (Å²) in [5.74, 6) is 0.959. The highest BCUT2D eigenvalue weighted by molar-refractivity contribution is 8.13. The van der Waals surface area contributed by atoms with Gasteiger partial charge in [0.15, 0.2) is 5.17 Å². The first kappa shape index (κ1) is 11.1. The highest BCUT2D eigenvalue weighted by Gasteiger charge is 1.96. The summed E-state index contributed by atoms with van der Waals surface area (Å²) in [5, 5.41) is 0.635. The fourth-order valence-electron chi connectivity index (χ4n) is 1.10. The van der Waals surface area contributed by atoms with Gasteiger partial charge in [-0.2, -0.15) is 0 Å². The van der Waals surface area contributed by atoms with Crippen LogP contribution in [0.25, 0.3) is 0 Å². The smallest absolute Gasteiger partial charge is 0.159 e. The number of thioether (sulfide) groups is 1. The van der Waals surface area contributed by atoms with Crippen molar-refractivity contribution in [2.75, 3.05) is 5.75 Å². The topological polar surface area (TPSA) is 38.4 Å². The highest BCUT2D eigenvalue weighted by Crippen LogP contribution is 2.18. The number of aliphatic imine (C=N–C) groups is 1. The van der Waals surface area contributed by atoms with E-state index in [9.17, 15) is 0 Å². The molecule has 0 unspecified atom stereocenters. The van der Waals surface area contributed by atoms with E-state index in [-0.39, 0.29) is 0 Å². The van der Waals surface area contributed by atoms with E-state index in [2.05, 4.69) is 37.9 Å². The summed E-state index contributed by atoms with van der Waals surface area (Å²) in [4.78, 5) is 4.31. The summed E-state index contributed by atoms with van der Waals surface area (Å²) >= 11 is 1.56. The maximum Gasteiger partial charge on any atom is 0.159 e. The van der Waals surface area contributed by atoms with Crippen LogP contribution in [-0.2, 0) is 0 Å². The second-order valence-electron chi connectivity index (χ2n) is 3.15. The monoisotopic (exact) mass is 208 g/mol. The van der Waals surface area contributed by atoms with E-state index in [0.29, 0.717) is 5.17 Å². The Labute approximate surface area is 89.6 Å². The van der Waals surface area contributed by atoms with E-state index in [1.165, 1.54) is 11.1 Å². The third-order valence-corrected chi connectivity index (χ3v) is 2.70. The molecule has 0 heterocycles. The molecule has 0 spiro atoms. The summed E-state index contributed by atoms with van der Waals surface area (Å²) in [6.45, 7) is 6.23. The number of amidine groups is 1. The molecule has 2 nitrogen and oxygen atoms in total. The van der Waals surface area contributed by atoms with E-state index >= 15 is 0 Å². The highest BCUT2D eigenvalue weighted by atomic mass is 32.2. The largest absolute Gasteiger partial charge is 0.378 e. The van der Waals surface area contributed by atoms with Crippen molar-refractivity contribution >= 4 is 22.6 Å². The average molecular weight is 208 g/mol. The lowest BCUT2D eigenvalue weighted by atomic mass is 10.1. The Morgan fingerprint density at radius 2 is 2.07 bits per heavy atom. The second kappa shape index (κ2) is 5.05. The van der Waals surface area contributed by atoms with E-state index in [0.717, 1.165) is 11.4 Å². The molecular formula is C11H16N2S. The lowest BCUT2D eigenvalue weighted by Gasteiger charge is -2.02. The number of hydrogen-bond acceptors (Lipinski definition) is 2. The van der Waals surface area contributed by atoms with Crippen LogP contribution in [-0.4, -0.2) is 10.9 Å². The summed E-state index contributed by atoms with van der Waals surface area (Å²) in [6.07, 6.45) is 0. The predicted molar refractivity (Wildman–Crippen MR) is 65.3 cm³/mol.